The van der Waals surface area contributed by atoms with Crippen molar-refractivity contribution in [3.8, 4) is 11.4 Å². The number of halogens is 2. The first-order chi connectivity index (χ1) is 17.7. The van der Waals surface area contributed by atoms with Crippen LogP contribution >= 0.6 is 11.8 Å². The van der Waals surface area contributed by atoms with Gasteiger partial charge >= 0.3 is 6.61 Å². The fourth-order valence-electron chi connectivity index (χ4n) is 4.37. The van der Waals surface area contributed by atoms with Gasteiger partial charge in [-0.25, -0.2) is 4.98 Å². The molecule has 0 bridgehead atoms. The summed E-state index contributed by atoms with van der Waals surface area (Å²) in [6, 6.07) is 14.5. The van der Waals surface area contributed by atoms with E-state index in [9.17, 15) is 23.5 Å². The molecular weight excluding hydrogens is 500 g/mol. The number of benzene rings is 2. The number of ether oxygens (including phenoxy) is 1. The highest BCUT2D eigenvalue weighted by Crippen LogP contribution is 2.27. The van der Waals surface area contributed by atoms with E-state index in [2.05, 4.69) is 9.72 Å². The second-order valence-electron chi connectivity index (χ2n) is 8.54. The molecule has 37 heavy (non-hydrogen) atoms. The number of alkyl halides is 2. The van der Waals surface area contributed by atoms with E-state index in [4.69, 9.17) is 0 Å². The molecule has 7 nitrogen and oxygen atoms in total. The SMILES string of the molecule is CCC(CO)n1c(SCC(=O)c2cc(C)n(-c3ccc(OC(F)F)cc3)c2C)nc2ccccc2c1=O. The number of ketones is 1. The van der Waals surface area contributed by atoms with Gasteiger partial charge in [-0.05, 0) is 62.7 Å². The molecule has 4 rings (SSSR count). The van der Waals surface area contributed by atoms with Crippen LogP contribution in [0.1, 0.15) is 41.1 Å². The predicted molar refractivity (Wildman–Crippen MR) is 139 cm³/mol. The van der Waals surface area contributed by atoms with Crippen molar-refractivity contribution in [2.45, 2.75) is 45.0 Å². The van der Waals surface area contributed by atoms with Crippen molar-refractivity contribution >= 4 is 28.4 Å². The van der Waals surface area contributed by atoms with Gasteiger partial charge in [0.15, 0.2) is 10.9 Å². The normalized spacial score (nSPS) is 12.3. The molecule has 0 fully saturated rings. The molecule has 0 aliphatic heterocycles. The average Bonchev–Trinajstić information content (AvgIpc) is 3.18. The van der Waals surface area contributed by atoms with Crippen molar-refractivity contribution < 1.29 is 23.4 Å². The van der Waals surface area contributed by atoms with Crippen LogP contribution in [0.3, 0.4) is 0 Å². The summed E-state index contributed by atoms with van der Waals surface area (Å²) in [7, 11) is 0. The molecule has 0 spiro atoms. The maximum atomic E-state index is 13.3. The number of aliphatic hydroxyl groups is 1. The van der Waals surface area contributed by atoms with Crippen molar-refractivity contribution in [1.82, 2.24) is 14.1 Å². The summed E-state index contributed by atoms with van der Waals surface area (Å²) in [6.45, 7) is 2.43. The van der Waals surface area contributed by atoms with Gasteiger partial charge < -0.3 is 14.4 Å². The monoisotopic (exact) mass is 527 g/mol. The highest BCUT2D eigenvalue weighted by Gasteiger charge is 2.21. The van der Waals surface area contributed by atoms with E-state index in [1.54, 1.807) is 42.5 Å². The van der Waals surface area contributed by atoms with Gasteiger partial charge in [0.2, 0.25) is 0 Å². The van der Waals surface area contributed by atoms with Gasteiger partial charge in [0.1, 0.15) is 5.75 Å². The van der Waals surface area contributed by atoms with Gasteiger partial charge in [0.25, 0.3) is 5.56 Å². The van der Waals surface area contributed by atoms with Gasteiger partial charge in [-0.3, -0.25) is 14.2 Å². The smallest absolute Gasteiger partial charge is 0.387 e. The Labute approximate surface area is 216 Å². The van der Waals surface area contributed by atoms with Crippen LogP contribution in [-0.4, -0.2) is 44.0 Å². The average molecular weight is 528 g/mol. The van der Waals surface area contributed by atoms with Crippen LogP contribution in [0.5, 0.6) is 5.75 Å². The molecule has 0 saturated carbocycles. The van der Waals surface area contributed by atoms with E-state index in [-0.39, 0.29) is 29.5 Å². The summed E-state index contributed by atoms with van der Waals surface area (Å²) in [6.07, 6.45) is 0.528. The molecular formula is C27H27F2N3O4S. The predicted octanol–water partition coefficient (Wildman–Crippen LogP) is 5.32. The summed E-state index contributed by atoms with van der Waals surface area (Å²) >= 11 is 1.16. The van der Waals surface area contributed by atoms with E-state index in [1.165, 1.54) is 16.7 Å². The zero-order valence-electron chi connectivity index (χ0n) is 20.6. The third-order valence-electron chi connectivity index (χ3n) is 6.21. The maximum Gasteiger partial charge on any atom is 0.387 e. The molecule has 0 amide bonds. The van der Waals surface area contributed by atoms with Gasteiger partial charge in [-0.15, -0.1) is 0 Å². The Morgan fingerprint density at radius 3 is 2.49 bits per heavy atom. The molecule has 10 heteroatoms. The number of para-hydroxylation sites is 1. The third kappa shape index (κ3) is 5.45. The van der Waals surface area contributed by atoms with Crippen LogP contribution in [0, 0.1) is 13.8 Å². The standard InChI is InChI=1S/C27H27F2N3O4S/c1-4-18(14-33)32-25(35)21-7-5-6-8-23(21)30-27(32)37-15-24(34)22-13-16(2)31(17(22)3)19-9-11-20(12-10-19)36-26(28)29/h5-13,18,26,33H,4,14-15H2,1-3H3. The van der Waals surface area contributed by atoms with E-state index in [1.807, 2.05) is 25.3 Å². The lowest BCUT2D eigenvalue weighted by molar-refractivity contribution is -0.0498. The maximum absolute atomic E-state index is 13.3. The zero-order valence-corrected chi connectivity index (χ0v) is 21.5. The molecule has 0 saturated heterocycles. The Hall–Kier alpha value is -3.50. The molecule has 1 unspecified atom stereocenters. The van der Waals surface area contributed by atoms with Crippen LogP contribution in [0.2, 0.25) is 0 Å². The van der Waals surface area contributed by atoms with Gasteiger partial charge in [0, 0.05) is 22.6 Å². The number of rotatable bonds is 10. The first-order valence-electron chi connectivity index (χ1n) is 11.8. The number of carbonyl (C=O) groups excluding carboxylic acids is 1. The van der Waals surface area contributed by atoms with Crippen molar-refractivity contribution in [2.24, 2.45) is 0 Å². The van der Waals surface area contributed by atoms with Crippen LogP contribution < -0.4 is 10.3 Å². The summed E-state index contributed by atoms with van der Waals surface area (Å²) in [5.41, 5.74) is 3.02. The number of aromatic nitrogens is 3. The molecule has 2 heterocycles. The molecule has 2 aromatic carbocycles. The van der Waals surface area contributed by atoms with E-state index >= 15 is 0 Å². The quantitative estimate of drug-likeness (QED) is 0.171. The Morgan fingerprint density at radius 1 is 1.14 bits per heavy atom. The lowest BCUT2D eigenvalue weighted by atomic mass is 10.2. The number of nitrogens with zero attached hydrogens (tertiary/aromatic N) is 3. The number of aliphatic hydroxyl groups excluding tert-OH is 1. The minimum Gasteiger partial charge on any atom is -0.435 e. The number of hydrogen-bond donors (Lipinski definition) is 1. The minimum atomic E-state index is -2.90. The third-order valence-corrected chi connectivity index (χ3v) is 7.16. The summed E-state index contributed by atoms with van der Waals surface area (Å²) in [5.74, 6) is -0.0536. The summed E-state index contributed by atoms with van der Waals surface area (Å²) < 4.78 is 32.7. The number of aryl methyl sites for hydroxylation is 1. The van der Waals surface area contributed by atoms with Crippen molar-refractivity contribution in [3.05, 3.63) is 81.9 Å². The first-order valence-corrected chi connectivity index (χ1v) is 12.8. The Kier molecular flexibility index (Phi) is 8.09. The lowest BCUT2D eigenvalue weighted by Crippen LogP contribution is -2.29. The van der Waals surface area contributed by atoms with Crippen molar-refractivity contribution in [3.63, 3.8) is 0 Å². The zero-order chi connectivity index (χ0) is 26.7. The summed E-state index contributed by atoms with van der Waals surface area (Å²) in [4.78, 5) is 31.1. The molecule has 1 atom stereocenters. The molecule has 194 valence electrons. The topological polar surface area (TPSA) is 86.3 Å². The van der Waals surface area contributed by atoms with Crippen molar-refractivity contribution in [1.29, 1.82) is 0 Å². The first kappa shape index (κ1) is 26.6. The fraction of sp³-hybridized carbons (Fsp3) is 0.296. The number of carbonyl (C=O) groups is 1. The van der Waals surface area contributed by atoms with Gasteiger partial charge in [-0.2, -0.15) is 8.78 Å². The number of thioether (sulfide) groups is 1. The van der Waals surface area contributed by atoms with Gasteiger partial charge in [0.05, 0.1) is 29.3 Å². The molecule has 0 aliphatic carbocycles. The highest BCUT2D eigenvalue weighted by atomic mass is 32.2. The molecule has 1 N–H and O–H groups in total. The number of fused-ring (bicyclic) bond motifs is 1. The molecule has 0 aliphatic rings. The number of Topliss-reactive ketones (excluding diaryl/α,β-unsaturated/α-hetero) is 1. The molecule has 0 radical (unpaired) electrons. The number of hydrogen-bond acceptors (Lipinski definition) is 6. The van der Waals surface area contributed by atoms with Crippen molar-refractivity contribution in [2.75, 3.05) is 12.4 Å². The second-order valence-corrected chi connectivity index (χ2v) is 9.48. The fourth-order valence-corrected chi connectivity index (χ4v) is 5.32. The Morgan fingerprint density at radius 2 is 1.84 bits per heavy atom. The van der Waals surface area contributed by atoms with Crippen LogP contribution in [0.4, 0.5) is 8.78 Å². The minimum absolute atomic E-state index is 0.0398. The van der Waals surface area contributed by atoms with E-state index < -0.39 is 12.7 Å². The van der Waals surface area contributed by atoms with E-state index in [0.29, 0.717) is 39.4 Å². The summed E-state index contributed by atoms with van der Waals surface area (Å²) in [5, 5.41) is 10.7. The Balaban J connectivity index is 1.62. The molecule has 2 aromatic heterocycles. The van der Waals surface area contributed by atoms with Crippen LogP contribution in [0.25, 0.3) is 16.6 Å². The Bertz CT molecular complexity index is 1480. The van der Waals surface area contributed by atoms with Crippen LogP contribution in [0.15, 0.2) is 64.5 Å². The van der Waals surface area contributed by atoms with Gasteiger partial charge in [-0.1, -0.05) is 30.8 Å². The van der Waals surface area contributed by atoms with Crippen LogP contribution in [-0.2, 0) is 0 Å². The lowest BCUT2D eigenvalue weighted by Gasteiger charge is -2.19. The largest absolute Gasteiger partial charge is 0.435 e. The van der Waals surface area contributed by atoms with E-state index in [0.717, 1.165) is 17.5 Å². The highest BCUT2D eigenvalue weighted by molar-refractivity contribution is 7.99. The second kappa shape index (κ2) is 11.3. The molecule has 4 aromatic rings.